The summed E-state index contributed by atoms with van der Waals surface area (Å²) in [6, 6.07) is 1.98. The van der Waals surface area contributed by atoms with Gasteiger partial charge in [0, 0.05) is 6.20 Å². The third-order valence-electron chi connectivity index (χ3n) is 1.95. The molecular weight excluding hydrogens is 196 g/mol. The van der Waals surface area contributed by atoms with Crippen LogP contribution in [0.25, 0.3) is 0 Å². The van der Waals surface area contributed by atoms with Gasteiger partial charge in [-0.25, -0.2) is 4.98 Å². The van der Waals surface area contributed by atoms with E-state index in [1.807, 2.05) is 13.0 Å². The molecule has 0 spiro atoms. The van der Waals surface area contributed by atoms with E-state index in [2.05, 4.69) is 35.0 Å². The molecule has 0 unspecified atom stereocenters. The lowest BCUT2D eigenvalue weighted by molar-refractivity contribution is 1.02. The number of nitrogens with zero attached hydrogens (tertiary/aromatic N) is 1. The first kappa shape index (κ1) is 10.7. The van der Waals surface area contributed by atoms with Crippen LogP contribution in [0.15, 0.2) is 12.3 Å². The van der Waals surface area contributed by atoms with Crippen LogP contribution in [0, 0.1) is 6.92 Å². The maximum atomic E-state index is 5.30. The predicted octanol–water partition coefficient (Wildman–Crippen LogP) is 1.11. The van der Waals surface area contributed by atoms with Gasteiger partial charge in [0.15, 0.2) is 5.11 Å². The number of aryl methyl sites for hydroxylation is 1. The molecule has 0 radical (unpaired) electrons. The van der Waals surface area contributed by atoms with E-state index in [0.29, 0.717) is 0 Å². The summed E-state index contributed by atoms with van der Waals surface area (Å²) < 4.78 is 0. The van der Waals surface area contributed by atoms with Crippen molar-refractivity contribution in [2.45, 2.75) is 20.3 Å². The molecule has 1 aromatic rings. The third-order valence-corrected chi connectivity index (χ3v) is 2.05. The number of nitrogens with two attached hydrogens (primary N) is 1. The van der Waals surface area contributed by atoms with E-state index >= 15 is 0 Å². The smallest absolute Gasteiger partial charge is 0.182 e. The van der Waals surface area contributed by atoms with Gasteiger partial charge in [-0.3, -0.25) is 10.9 Å². The lowest BCUT2D eigenvalue weighted by atomic mass is 10.1. The number of hydrogen-bond acceptors (Lipinski definition) is 3. The second-order valence-corrected chi connectivity index (χ2v) is 3.36. The van der Waals surface area contributed by atoms with Gasteiger partial charge in [-0.1, -0.05) is 6.92 Å². The number of thiocarbonyl (C=S) groups is 1. The minimum Gasteiger partial charge on any atom is -0.375 e. The zero-order valence-corrected chi connectivity index (χ0v) is 9.11. The van der Waals surface area contributed by atoms with E-state index in [1.165, 1.54) is 5.56 Å². The van der Waals surface area contributed by atoms with Crippen LogP contribution in [0.4, 0.5) is 5.82 Å². The molecule has 5 heteroatoms. The van der Waals surface area contributed by atoms with Gasteiger partial charge in [0.1, 0.15) is 5.82 Å². The summed E-state index contributed by atoms with van der Waals surface area (Å²) in [5.41, 5.74) is 13.2. The quantitative estimate of drug-likeness (QED) is 0.515. The zero-order chi connectivity index (χ0) is 10.6. The van der Waals surface area contributed by atoms with Crippen LogP contribution in [0.2, 0.25) is 0 Å². The van der Waals surface area contributed by atoms with Gasteiger partial charge < -0.3 is 5.73 Å². The first-order valence-corrected chi connectivity index (χ1v) is 4.82. The lowest BCUT2D eigenvalue weighted by Gasteiger charge is -2.12. The highest BCUT2D eigenvalue weighted by Gasteiger charge is 2.03. The molecule has 0 amide bonds. The number of hydrogen-bond donors (Lipinski definition) is 3. The Balaban J connectivity index is 2.85. The van der Waals surface area contributed by atoms with E-state index in [0.717, 1.165) is 17.8 Å². The van der Waals surface area contributed by atoms with Gasteiger partial charge in [-0.2, -0.15) is 0 Å². The molecule has 1 heterocycles. The van der Waals surface area contributed by atoms with E-state index in [-0.39, 0.29) is 5.11 Å². The molecule has 0 atom stereocenters. The molecule has 0 aliphatic heterocycles. The summed E-state index contributed by atoms with van der Waals surface area (Å²) in [6.07, 6.45) is 2.67. The van der Waals surface area contributed by atoms with Crippen LogP contribution >= 0.6 is 12.2 Å². The fraction of sp³-hybridized carbons (Fsp3) is 0.333. The molecule has 0 saturated carbocycles. The Morgan fingerprint density at radius 3 is 2.93 bits per heavy atom. The number of hydrazine groups is 1. The number of aromatic nitrogens is 1. The van der Waals surface area contributed by atoms with Crippen LogP contribution in [-0.2, 0) is 6.42 Å². The van der Waals surface area contributed by atoms with Crippen molar-refractivity contribution in [2.24, 2.45) is 5.73 Å². The van der Waals surface area contributed by atoms with Crippen molar-refractivity contribution in [3.05, 3.63) is 23.4 Å². The molecule has 0 fully saturated rings. The average molecular weight is 210 g/mol. The minimum absolute atomic E-state index is 0.204. The Kier molecular flexibility index (Phi) is 3.64. The van der Waals surface area contributed by atoms with Gasteiger partial charge in [-0.15, -0.1) is 0 Å². The third kappa shape index (κ3) is 2.56. The molecule has 4 nitrogen and oxygen atoms in total. The van der Waals surface area contributed by atoms with Crippen LogP contribution in [0.1, 0.15) is 18.1 Å². The van der Waals surface area contributed by atoms with Crippen molar-refractivity contribution >= 4 is 23.1 Å². The van der Waals surface area contributed by atoms with E-state index < -0.39 is 0 Å². The number of anilines is 1. The highest BCUT2D eigenvalue weighted by Crippen LogP contribution is 2.15. The highest BCUT2D eigenvalue weighted by molar-refractivity contribution is 7.80. The molecular formula is C9H14N4S. The molecule has 0 aromatic carbocycles. The Morgan fingerprint density at radius 1 is 1.64 bits per heavy atom. The lowest BCUT2D eigenvalue weighted by Crippen LogP contribution is -2.34. The summed E-state index contributed by atoms with van der Waals surface area (Å²) in [5.74, 6) is 0.778. The second-order valence-electron chi connectivity index (χ2n) is 2.92. The molecule has 1 aromatic heterocycles. The maximum absolute atomic E-state index is 5.30. The molecule has 76 valence electrons. The second kappa shape index (κ2) is 4.76. The van der Waals surface area contributed by atoms with E-state index in [9.17, 15) is 0 Å². The number of rotatable bonds is 3. The molecule has 1 rings (SSSR count). The molecule has 0 aliphatic rings. The predicted molar refractivity (Wildman–Crippen MR) is 61.9 cm³/mol. The molecule has 14 heavy (non-hydrogen) atoms. The largest absolute Gasteiger partial charge is 0.375 e. The fourth-order valence-corrected chi connectivity index (χ4v) is 1.31. The Bertz CT molecular complexity index is 338. The van der Waals surface area contributed by atoms with Crippen LogP contribution < -0.4 is 16.6 Å². The zero-order valence-electron chi connectivity index (χ0n) is 8.29. The van der Waals surface area contributed by atoms with Crippen molar-refractivity contribution in [1.82, 2.24) is 10.4 Å². The number of pyridine rings is 1. The van der Waals surface area contributed by atoms with Crippen LogP contribution in [0.5, 0.6) is 0 Å². The minimum atomic E-state index is 0.204. The molecule has 4 N–H and O–H groups in total. The van der Waals surface area contributed by atoms with Crippen LogP contribution in [-0.4, -0.2) is 10.1 Å². The molecule has 0 bridgehead atoms. The topological polar surface area (TPSA) is 63.0 Å². The molecule has 0 saturated heterocycles. The standard InChI is InChI=1S/C9H14N4S/c1-3-7-6(2)4-5-11-8(7)12-13-9(10)14/h4-5H,3H2,1-2H3,(H,11,12)(H3,10,13,14). The summed E-state index contributed by atoms with van der Waals surface area (Å²) in [7, 11) is 0. The Hall–Kier alpha value is -1.36. The van der Waals surface area contributed by atoms with Gasteiger partial charge in [0.05, 0.1) is 0 Å². The van der Waals surface area contributed by atoms with E-state index in [1.54, 1.807) is 6.20 Å². The van der Waals surface area contributed by atoms with E-state index in [4.69, 9.17) is 5.73 Å². The van der Waals surface area contributed by atoms with Crippen molar-refractivity contribution in [1.29, 1.82) is 0 Å². The molecule has 0 aliphatic carbocycles. The van der Waals surface area contributed by atoms with Crippen molar-refractivity contribution < 1.29 is 0 Å². The summed E-state index contributed by atoms with van der Waals surface area (Å²) in [4.78, 5) is 4.19. The fourth-order valence-electron chi connectivity index (χ4n) is 1.26. The Morgan fingerprint density at radius 2 is 2.36 bits per heavy atom. The SMILES string of the molecule is CCc1c(C)ccnc1NNC(N)=S. The number of nitrogens with one attached hydrogen (secondary N) is 2. The van der Waals surface area contributed by atoms with Gasteiger partial charge in [0.2, 0.25) is 0 Å². The first-order chi connectivity index (χ1) is 6.65. The Labute approximate surface area is 88.9 Å². The van der Waals surface area contributed by atoms with Crippen LogP contribution in [0.3, 0.4) is 0 Å². The summed E-state index contributed by atoms with van der Waals surface area (Å²) >= 11 is 4.68. The maximum Gasteiger partial charge on any atom is 0.182 e. The van der Waals surface area contributed by atoms with Gasteiger partial charge in [0.25, 0.3) is 0 Å². The highest BCUT2D eigenvalue weighted by atomic mass is 32.1. The average Bonchev–Trinajstić information content (AvgIpc) is 2.14. The van der Waals surface area contributed by atoms with Gasteiger partial charge >= 0.3 is 0 Å². The van der Waals surface area contributed by atoms with Crippen molar-refractivity contribution in [3.63, 3.8) is 0 Å². The van der Waals surface area contributed by atoms with Crippen molar-refractivity contribution in [2.75, 3.05) is 5.43 Å². The first-order valence-electron chi connectivity index (χ1n) is 4.41. The summed E-state index contributed by atoms with van der Waals surface area (Å²) in [6.45, 7) is 4.13. The monoisotopic (exact) mass is 210 g/mol. The van der Waals surface area contributed by atoms with Gasteiger partial charge in [-0.05, 0) is 42.8 Å². The summed E-state index contributed by atoms with van der Waals surface area (Å²) in [5, 5.41) is 0.204. The normalized spacial score (nSPS) is 9.57. The van der Waals surface area contributed by atoms with Crippen molar-refractivity contribution in [3.8, 4) is 0 Å².